The Balaban J connectivity index is 2.06. The van der Waals surface area contributed by atoms with Crippen molar-refractivity contribution in [3.8, 4) is 0 Å². The van der Waals surface area contributed by atoms with E-state index >= 15 is 0 Å². The second-order valence-corrected chi connectivity index (χ2v) is 4.69. The van der Waals surface area contributed by atoms with Crippen LogP contribution >= 0.6 is 0 Å². The SMILES string of the molecule is CC(C)CCCN1CCN[C@@H](C)C1. The quantitative estimate of drug-likeness (QED) is 0.715. The molecule has 1 N–H and O–H groups in total. The minimum atomic E-state index is 0.688. The molecule has 1 atom stereocenters. The van der Waals surface area contributed by atoms with Crippen molar-refractivity contribution in [1.82, 2.24) is 10.2 Å². The number of nitrogens with one attached hydrogen (secondary N) is 1. The van der Waals surface area contributed by atoms with Gasteiger partial charge in [-0.05, 0) is 32.2 Å². The van der Waals surface area contributed by atoms with E-state index in [0.29, 0.717) is 6.04 Å². The van der Waals surface area contributed by atoms with E-state index in [4.69, 9.17) is 0 Å². The number of hydrogen-bond donors (Lipinski definition) is 1. The first-order valence-corrected chi connectivity index (χ1v) is 5.64. The summed E-state index contributed by atoms with van der Waals surface area (Å²) < 4.78 is 0. The van der Waals surface area contributed by atoms with Crippen LogP contribution < -0.4 is 5.32 Å². The average Bonchev–Trinajstić information content (AvgIpc) is 2.03. The molecule has 0 saturated carbocycles. The van der Waals surface area contributed by atoms with Gasteiger partial charge >= 0.3 is 0 Å². The molecule has 0 aromatic heterocycles. The monoisotopic (exact) mass is 184 g/mol. The predicted octanol–water partition coefficient (Wildman–Crippen LogP) is 1.72. The van der Waals surface area contributed by atoms with Crippen molar-refractivity contribution in [2.75, 3.05) is 26.2 Å². The summed E-state index contributed by atoms with van der Waals surface area (Å²) in [5, 5.41) is 3.47. The molecular weight excluding hydrogens is 160 g/mol. The lowest BCUT2D eigenvalue weighted by molar-refractivity contribution is 0.201. The van der Waals surface area contributed by atoms with Gasteiger partial charge < -0.3 is 10.2 Å². The zero-order chi connectivity index (χ0) is 9.68. The molecule has 2 nitrogen and oxygen atoms in total. The highest BCUT2D eigenvalue weighted by Crippen LogP contribution is 2.06. The van der Waals surface area contributed by atoms with Gasteiger partial charge in [-0.25, -0.2) is 0 Å². The van der Waals surface area contributed by atoms with Crippen LogP contribution in [0, 0.1) is 5.92 Å². The van der Waals surface area contributed by atoms with Gasteiger partial charge in [0.2, 0.25) is 0 Å². The first kappa shape index (κ1) is 11.0. The molecule has 1 fully saturated rings. The fraction of sp³-hybridized carbons (Fsp3) is 1.00. The van der Waals surface area contributed by atoms with Crippen molar-refractivity contribution in [3.05, 3.63) is 0 Å². The highest BCUT2D eigenvalue weighted by atomic mass is 15.2. The van der Waals surface area contributed by atoms with Gasteiger partial charge in [0.25, 0.3) is 0 Å². The lowest BCUT2D eigenvalue weighted by Gasteiger charge is -2.31. The van der Waals surface area contributed by atoms with Gasteiger partial charge in [0, 0.05) is 25.7 Å². The highest BCUT2D eigenvalue weighted by molar-refractivity contribution is 4.74. The van der Waals surface area contributed by atoms with Crippen LogP contribution in [0.1, 0.15) is 33.6 Å². The second-order valence-electron chi connectivity index (χ2n) is 4.69. The first-order valence-electron chi connectivity index (χ1n) is 5.64. The Labute approximate surface area is 82.7 Å². The third-order valence-corrected chi connectivity index (χ3v) is 2.71. The first-order chi connectivity index (χ1) is 6.18. The third-order valence-electron chi connectivity index (χ3n) is 2.71. The van der Waals surface area contributed by atoms with Crippen molar-refractivity contribution in [2.45, 2.75) is 39.7 Å². The van der Waals surface area contributed by atoms with Crippen LogP contribution in [0.2, 0.25) is 0 Å². The summed E-state index contributed by atoms with van der Waals surface area (Å²) >= 11 is 0. The van der Waals surface area contributed by atoms with Crippen molar-refractivity contribution < 1.29 is 0 Å². The third kappa shape index (κ3) is 4.63. The zero-order valence-electron chi connectivity index (χ0n) is 9.34. The van der Waals surface area contributed by atoms with Gasteiger partial charge in [-0.1, -0.05) is 13.8 Å². The van der Waals surface area contributed by atoms with E-state index in [9.17, 15) is 0 Å². The van der Waals surface area contributed by atoms with Gasteiger partial charge in [-0.2, -0.15) is 0 Å². The lowest BCUT2D eigenvalue weighted by Crippen LogP contribution is -2.49. The maximum atomic E-state index is 3.47. The Bertz CT molecular complexity index is 134. The van der Waals surface area contributed by atoms with Crippen LogP contribution in [0.3, 0.4) is 0 Å². The molecular formula is C11H24N2. The minimum absolute atomic E-state index is 0.688. The van der Waals surface area contributed by atoms with E-state index in [1.807, 2.05) is 0 Å². The van der Waals surface area contributed by atoms with Crippen LogP contribution in [0.15, 0.2) is 0 Å². The molecule has 1 rings (SSSR count). The fourth-order valence-electron chi connectivity index (χ4n) is 1.94. The molecule has 0 aliphatic carbocycles. The summed E-state index contributed by atoms with van der Waals surface area (Å²) in [7, 11) is 0. The molecule has 0 aromatic rings. The summed E-state index contributed by atoms with van der Waals surface area (Å²) in [6.07, 6.45) is 2.74. The van der Waals surface area contributed by atoms with Gasteiger partial charge in [-0.15, -0.1) is 0 Å². The summed E-state index contributed by atoms with van der Waals surface area (Å²) in [6, 6.07) is 0.688. The molecule has 13 heavy (non-hydrogen) atoms. The maximum Gasteiger partial charge on any atom is 0.0167 e. The minimum Gasteiger partial charge on any atom is -0.312 e. The van der Waals surface area contributed by atoms with Crippen LogP contribution in [-0.4, -0.2) is 37.1 Å². The van der Waals surface area contributed by atoms with Crippen LogP contribution in [-0.2, 0) is 0 Å². The number of piperazine rings is 1. The van der Waals surface area contributed by atoms with Crippen molar-refractivity contribution >= 4 is 0 Å². The van der Waals surface area contributed by atoms with Gasteiger partial charge in [0.15, 0.2) is 0 Å². The van der Waals surface area contributed by atoms with Gasteiger partial charge in [0.05, 0.1) is 0 Å². The van der Waals surface area contributed by atoms with Crippen LogP contribution in [0.25, 0.3) is 0 Å². The van der Waals surface area contributed by atoms with E-state index in [0.717, 1.165) is 5.92 Å². The van der Waals surface area contributed by atoms with E-state index < -0.39 is 0 Å². The second kappa shape index (κ2) is 5.61. The van der Waals surface area contributed by atoms with Crippen molar-refractivity contribution in [3.63, 3.8) is 0 Å². The largest absolute Gasteiger partial charge is 0.312 e. The van der Waals surface area contributed by atoms with E-state index in [1.165, 1.54) is 39.0 Å². The maximum absolute atomic E-state index is 3.47. The Kier molecular flexibility index (Phi) is 4.74. The molecule has 0 spiro atoms. The molecule has 0 aromatic carbocycles. The fourth-order valence-corrected chi connectivity index (χ4v) is 1.94. The average molecular weight is 184 g/mol. The number of rotatable bonds is 4. The molecule has 2 heteroatoms. The van der Waals surface area contributed by atoms with E-state index in [-0.39, 0.29) is 0 Å². The van der Waals surface area contributed by atoms with E-state index in [1.54, 1.807) is 0 Å². The van der Waals surface area contributed by atoms with Gasteiger partial charge in [-0.3, -0.25) is 0 Å². The Morgan fingerprint density at radius 1 is 1.46 bits per heavy atom. The normalized spacial score (nSPS) is 25.4. The highest BCUT2D eigenvalue weighted by Gasteiger charge is 2.14. The topological polar surface area (TPSA) is 15.3 Å². The molecule has 1 heterocycles. The molecule has 0 bridgehead atoms. The van der Waals surface area contributed by atoms with Crippen LogP contribution in [0.5, 0.6) is 0 Å². The number of hydrogen-bond acceptors (Lipinski definition) is 2. The molecule has 0 amide bonds. The predicted molar refractivity (Wildman–Crippen MR) is 58.0 cm³/mol. The summed E-state index contributed by atoms with van der Waals surface area (Å²) in [4.78, 5) is 2.59. The Hall–Kier alpha value is -0.0800. The van der Waals surface area contributed by atoms with E-state index in [2.05, 4.69) is 31.0 Å². The molecule has 0 unspecified atom stereocenters. The summed E-state index contributed by atoms with van der Waals surface area (Å²) in [6.45, 7) is 11.8. The van der Waals surface area contributed by atoms with Gasteiger partial charge in [0.1, 0.15) is 0 Å². The molecule has 1 aliphatic rings. The standard InChI is InChI=1S/C11H24N2/c1-10(2)5-4-7-13-8-6-12-11(3)9-13/h10-12H,4-9H2,1-3H3/t11-/m0/s1. The molecule has 78 valence electrons. The van der Waals surface area contributed by atoms with Crippen molar-refractivity contribution in [1.29, 1.82) is 0 Å². The molecule has 1 aliphatic heterocycles. The molecule has 1 saturated heterocycles. The smallest absolute Gasteiger partial charge is 0.0167 e. The zero-order valence-corrected chi connectivity index (χ0v) is 9.34. The summed E-state index contributed by atoms with van der Waals surface area (Å²) in [5.74, 6) is 0.861. The Morgan fingerprint density at radius 2 is 2.23 bits per heavy atom. The number of nitrogens with zero attached hydrogens (tertiary/aromatic N) is 1. The lowest BCUT2D eigenvalue weighted by atomic mass is 10.1. The molecule has 0 radical (unpaired) electrons. The van der Waals surface area contributed by atoms with Crippen LogP contribution in [0.4, 0.5) is 0 Å². The Morgan fingerprint density at radius 3 is 2.85 bits per heavy atom. The van der Waals surface area contributed by atoms with Crippen molar-refractivity contribution in [2.24, 2.45) is 5.92 Å². The summed E-state index contributed by atoms with van der Waals surface area (Å²) in [5.41, 5.74) is 0.